The van der Waals surface area contributed by atoms with Crippen molar-refractivity contribution in [3.63, 3.8) is 0 Å². The lowest BCUT2D eigenvalue weighted by molar-refractivity contribution is -0.142. The Balaban J connectivity index is 2.27. The number of esters is 1. The third-order valence-electron chi connectivity index (χ3n) is 3.50. The monoisotopic (exact) mass is 436 g/mol. The molecule has 2 aromatic rings. The second-order valence-electron chi connectivity index (χ2n) is 5.42. The van der Waals surface area contributed by atoms with E-state index >= 15 is 0 Å². The van der Waals surface area contributed by atoms with Crippen molar-refractivity contribution in [3.8, 4) is 11.5 Å². The molecule has 27 heavy (non-hydrogen) atoms. The van der Waals surface area contributed by atoms with Crippen LogP contribution in [0.4, 0.5) is 4.79 Å². The molecule has 146 valence electrons. The van der Waals surface area contributed by atoms with E-state index in [2.05, 4.69) is 15.0 Å². The van der Waals surface area contributed by atoms with Crippen molar-refractivity contribution in [3.05, 3.63) is 30.0 Å². The van der Waals surface area contributed by atoms with Crippen molar-refractivity contribution in [2.75, 3.05) is 13.7 Å². The SMILES string of the molecule is COC(=O)[C@H](Cc1cc(O)c(O)c2ncccc12)NC(=O)OCC(Cl)(Cl)Cl. The molecule has 1 aromatic carbocycles. The smallest absolute Gasteiger partial charge is 0.408 e. The number of carbonyl (C=O) groups is 2. The third-order valence-corrected chi connectivity index (χ3v) is 3.83. The highest BCUT2D eigenvalue weighted by Crippen LogP contribution is 2.35. The Bertz CT molecular complexity index is 856. The second-order valence-corrected chi connectivity index (χ2v) is 7.93. The number of phenolic OH excluding ortho intramolecular Hbond substituents is 2. The van der Waals surface area contributed by atoms with Crippen molar-refractivity contribution < 1.29 is 29.3 Å². The van der Waals surface area contributed by atoms with Crippen LogP contribution >= 0.6 is 34.8 Å². The fraction of sp³-hybridized carbons (Fsp3) is 0.312. The van der Waals surface area contributed by atoms with Crippen LogP contribution in [0.3, 0.4) is 0 Å². The first-order valence-corrected chi connectivity index (χ1v) is 8.62. The van der Waals surface area contributed by atoms with E-state index in [9.17, 15) is 19.8 Å². The van der Waals surface area contributed by atoms with Gasteiger partial charge in [-0.3, -0.25) is 4.98 Å². The molecule has 1 heterocycles. The van der Waals surface area contributed by atoms with Gasteiger partial charge in [-0.1, -0.05) is 40.9 Å². The molecular weight excluding hydrogens is 423 g/mol. The van der Waals surface area contributed by atoms with Crippen molar-refractivity contribution in [1.82, 2.24) is 10.3 Å². The zero-order valence-corrected chi connectivity index (χ0v) is 16.2. The number of alkyl carbamates (subject to hydrolysis) is 1. The number of fused-ring (bicyclic) bond motifs is 1. The molecule has 0 saturated carbocycles. The van der Waals surface area contributed by atoms with Gasteiger partial charge in [0, 0.05) is 18.0 Å². The van der Waals surface area contributed by atoms with E-state index in [0.29, 0.717) is 10.9 Å². The third kappa shape index (κ3) is 5.66. The highest BCUT2D eigenvalue weighted by Gasteiger charge is 2.27. The average molecular weight is 438 g/mol. The molecule has 0 aliphatic rings. The Morgan fingerprint density at radius 2 is 2.04 bits per heavy atom. The van der Waals surface area contributed by atoms with Gasteiger partial charge in [0.15, 0.2) is 11.5 Å². The van der Waals surface area contributed by atoms with Crippen LogP contribution < -0.4 is 5.32 Å². The van der Waals surface area contributed by atoms with E-state index in [1.807, 2.05) is 0 Å². The molecule has 3 N–H and O–H groups in total. The molecule has 0 aliphatic carbocycles. The number of aromatic nitrogens is 1. The number of methoxy groups -OCH3 is 1. The first-order valence-electron chi connectivity index (χ1n) is 7.48. The summed E-state index contributed by atoms with van der Waals surface area (Å²) in [5, 5.41) is 22.6. The zero-order chi connectivity index (χ0) is 20.2. The van der Waals surface area contributed by atoms with Crippen molar-refractivity contribution >= 4 is 57.8 Å². The van der Waals surface area contributed by atoms with Gasteiger partial charge in [-0.15, -0.1) is 0 Å². The van der Waals surface area contributed by atoms with Crippen LogP contribution in [0.25, 0.3) is 10.9 Å². The fourth-order valence-corrected chi connectivity index (χ4v) is 2.50. The molecule has 8 nitrogen and oxygen atoms in total. The van der Waals surface area contributed by atoms with Gasteiger partial charge in [0.2, 0.25) is 3.79 Å². The number of aromatic hydroxyl groups is 2. The molecule has 0 saturated heterocycles. The van der Waals surface area contributed by atoms with Gasteiger partial charge in [0.25, 0.3) is 0 Å². The summed E-state index contributed by atoms with van der Waals surface area (Å²) in [6, 6.07) is 3.37. The Labute approximate surface area is 168 Å². The van der Waals surface area contributed by atoms with Crippen LogP contribution in [0.2, 0.25) is 0 Å². The molecule has 0 unspecified atom stereocenters. The Morgan fingerprint density at radius 3 is 2.67 bits per heavy atom. The largest absolute Gasteiger partial charge is 0.504 e. The normalized spacial score (nSPS) is 12.4. The fourth-order valence-electron chi connectivity index (χ4n) is 2.34. The summed E-state index contributed by atoms with van der Waals surface area (Å²) in [6.07, 6.45) is 0.364. The number of pyridine rings is 1. The summed E-state index contributed by atoms with van der Waals surface area (Å²) in [7, 11) is 1.15. The lowest BCUT2D eigenvalue weighted by Gasteiger charge is -2.19. The number of rotatable bonds is 5. The molecule has 0 fully saturated rings. The van der Waals surface area contributed by atoms with E-state index in [1.54, 1.807) is 12.1 Å². The van der Waals surface area contributed by atoms with Crippen molar-refractivity contribution in [2.24, 2.45) is 0 Å². The number of carbonyl (C=O) groups excluding carboxylic acids is 2. The summed E-state index contributed by atoms with van der Waals surface area (Å²) in [5.41, 5.74) is 0.584. The van der Waals surface area contributed by atoms with Crippen LogP contribution in [0.1, 0.15) is 5.56 Å². The minimum atomic E-state index is -1.80. The summed E-state index contributed by atoms with van der Waals surface area (Å²) in [6.45, 7) is -0.524. The summed E-state index contributed by atoms with van der Waals surface area (Å²) >= 11 is 16.5. The molecule has 0 radical (unpaired) electrons. The minimum Gasteiger partial charge on any atom is -0.504 e. The average Bonchev–Trinajstić information content (AvgIpc) is 2.62. The summed E-state index contributed by atoms with van der Waals surface area (Å²) in [4.78, 5) is 27.9. The first kappa shape index (κ1) is 21.1. The molecular formula is C16H15Cl3N2O6. The van der Waals surface area contributed by atoms with Gasteiger partial charge < -0.3 is 25.0 Å². The van der Waals surface area contributed by atoms with Crippen molar-refractivity contribution in [2.45, 2.75) is 16.3 Å². The number of phenols is 2. The Kier molecular flexibility index (Phi) is 6.80. The number of amides is 1. The van der Waals surface area contributed by atoms with Crippen LogP contribution in [0.5, 0.6) is 11.5 Å². The number of benzene rings is 1. The lowest BCUT2D eigenvalue weighted by atomic mass is 10.00. The Morgan fingerprint density at radius 1 is 1.33 bits per heavy atom. The summed E-state index contributed by atoms with van der Waals surface area (Å²) in [5.74, 6) is -1.57. The molecule has 0 spiro atoms. The molecule has 2 rings (SSSR count). The predicted octanol–water partition coefficient (Wildman–Crippen LogP) is 2.83. The van der Waals surface area contributed by atoms with Gasteiger partial charge in [-0.2, -0.15) is 0 Å². The number of halogens is 3. The van der Waals surface area contributed by atoms with Gasteiger partial charge in [0.05, 0.1) is 7.11 Å². The first-order chi connectivity index (χ1) is 12.6. The van der Waals surface area contributed by atoms with Gasteiger partial charge in [-0.25, -0.2) is 9.59 Å². The molecule has 1 amide bonds. The zero-order valence-electron chi connectivity index (χ0n) is 13.9. The van der Waals surface area contributed by atoms with Crippen LogP contribution in [0, 0.1) is 0 Å². The van der Waals surface area contributed by atoms with Crippen LogP contribution in [-0.2, 0) is 20.7 Å². The lowest BCUT2D eigenvalue weighted by Crippen LogP contribution is -2.44. The number of nitrogens with one attached hydrogen (secondary N) is 1. The van der Waals surface area contributed by atoms with Crippen molar-refractivity contribution in [1.29, 1.82) is 0 Å². The van der Waals surface area contributed by atoms with E-state index in [-0.39, 0.29) is 17.7 Å². The molecule has 0 aliphatic heterocycles. The van der Waals surface area contributed by atoms with E-state index in [1.165, 1.54) is 12.3 Å². The van der Waals surface area contributed by atoms with Gasteiger partial charge in [-0.05, 0) is 17.7 Å². The highest BCUT2D eigenvalue weighted by molar-refractivity contribution is 6.67. The van der Waals surface area contributed by atoms with Gasteiger partial charge >= 0.3 is 12.1 Å². The number of alkyl halides is 3. The van der Waals surface area contributed by atoms with Crippen LogP contribution in [-0.4, -0.2) is 50.8 Å². The van der Waals surface area contributed by atoms with E-state index in [4.69, 9.17) is 39.5 Å². The standard InChI is InChI=1S/C16H15Cl3N2O6/c1-26-14(24)10(21-15(25)27-7-16(17,18)19)5-8-6-11(22)13(23)12-9(8)3-2-4-20-12/h2-4,6,10,22-23H,5,7H2,1H3,(H,21,25)/t10-/m0/s1. The Hall–Kier alpha value is -2.16. The minimum absolute atomic E-state index is 0.0778. The van der Waals surface area contributed by atoms with E-state index in [0.717, 1.165) is 7.11 Å². The second kappa shape index (κ2) is 8.69. The van der Waals surface area contributed by atoms with Crippen LogP contribution in [0.15, 0.2) is 24.4 Å². The summed E-state index contributed by atoms with van der Waals surface area (Å²) < 4.78 is 7.62. The number of hydrogen-bond acceptors (Lipinski definition) is 7. The van der Waals surface area contributed by atoms with Gasteiger partial charge in [0.1, 0.15) is 18.2 Å². The number of ether oxygens (including phenoxy) is 2. The molecule has 1 aromatic heterocycles. The maximum Gasteiger partial charge on any atom is 0.408 e. The maximum atomic E-state index is 12.0. The molecule has 11 heteroatoms. The molecule has 1 atom stereocenters. The van der Waals surface area contributed by atoms with E-state index < -0.39 is 34.3 Å². The topological polar surface area (TPSA) is 118 Å². The number of nitrogens with zero attached hydrogens (tertiary/aromatic N) is 1. The highest BCUT2D eigenvalue weighted by atomic mass is 35.6. The maximum absolute atomic E-state index is 12.0. The predicted molar refractivity (Wildman–Crippen MR) is 99.4 cm³/mol. The quantitative estimate of drug-likeness (QED) is 0.374. The number of hydrogen-bond donors (Lipinski definition) is 3. The molecule has 0 bridgehead atoms.